The number of ether oxygens (including phenoxy) is 2. The number of esters is 1. The van der Waals surface area contributed by atoms with Gasteiger partial charge in [0.15, 0.2) is 0 Å². The molecule has 0 aliphatic carbocycles. The number of aryl methyl sites for hydroxylation is 1. The molecule has 1 aliphatic rings. The molecule has 1 aliphatic heterocycles. The molecule has 0 bridgehead atoms. The van der Waals surface area contributed by atoms with Crippen LogP contribution in [0.2, 0.25) is 0 Å². The summed E-state index contributed by atoms with van der Waals surface area (Å²) in [6, 6.07) is 3.16. The quantitative estimate of drug-likeness (QED) is 0.481. The molecule has 6 heteroatoms. The van der Waals surface area contributed by atoms with E-state index >= 15 is 0 Å². The van der Waals surface area contributed by atoms with Crippen LogP contribution in [0.1, 0.15) is 27.9 Å². The Morgan fingerprint density at radius 3 is 2.62 bits per heavy atom. The topological polar surface area (TPSA) is 81.9 Å². The SMILES string of the molecule is COC(=O)c1cc(N)c(C#COC(=O)N2CCC2)cc1C. The molecule has 1 amide bonds. The number of hydrogen-bond donors (Lipinski definition) is 1. The third kappa shape index (κ3) is 3.26. The van der Waals surface area contributed by atoms with Crippen LogP contribution in [-0.2, 0) is 9.47 Å². The lowest BCUT2D eigenvalue weighted by Crippen LogP contribution is -2.41. The molecular formula is C15H16N2O4. The number of benzene rings is 1. The van der Waals surface area contributed by atoms with Gasteiger partial charge in [-0.3, -0.25) is 0 Å². The molecule has 0 saturated carbocycles. The molecular weight excluding hydrogens is 272 g/mol. The monoisotopic (exact) mass is 288 g/mol. The second-order valence-corrected chi connectivity index (χ2v) is 4.68. The Balaban J connectivity index is 2.12. The van der Waals surface area contributed by atoms with Crippen molar-refractivity contribution in [3.05, 3.63) is 28.8 Å². The predicted molar refractivity (Wildman–Crippen MR) is 76.5 cm³/mol. The Kier molecular flexibility index (Phi) is 4.33. The Morgan fingerprint density at radius 1 is 1.33 bits per heavy atom. The minimum atomic E-state index is -0.456. The van der Waals surface area contributed by atoms with Gasteiger partial charge in [0.25, 0.3) is 0 Å². The fraction of sp³-hybridized carbons (Fsp3) is 0.333. The summed E-state index contributed by atoms with van der Waals surface area (Å²) in [6.07, 6.45) is 2.88. The first-order valence-corrected chi connectivity index (χ1v) is 6.48. The number of nitrogen functional groups attached to an aromatic ring is 1. The third-order valence-corrected chi connectivity index (χ3v) is 3.24. The molecule has 2 N–H and O–H groups in total. The van der Waals surface area contributed by atoms with Crippen molar-refractivity contribution < 1.29 is 19.1 Å². The first kappa shape index (κ1) is 14.7. The van der Waals surface area contributed by atoms with Crippen LogP contribution < -0.4 is 5.73 Å². The smallest absolute Gasteiger partial charge is 0.423 e. The maximum atomic E-state index is 11.5. The maximum absolute atomic E-state index is 11.5. The summed E-state index contributed by atoms with van der Waals surface area (Å²) >= 11 is 0. The lowest BCUT2D eigenvalue weighted by molar-refractivity contribution is 0.0600. The molecule has 1 fully saturated rings. The molecule has 1 aromatic carbocycles. The summed E-state index contributed by atoms with van der Waals surface area (Å²) < 4.78 is 9.49. The highest BCUT2D eigenvalue weighted by Crippen LogP contribution is 2.18. The van der Waals surface area contributed by atoms with Crippen LogP contribution in [0, 0.1) is 19.0 Å². The minimum Gasteiger partial charge on any atom is -0.465 e. The summed E-state index contributed by atoms with van der Waals surface area (Å²) in [7, 11) is 1.31. The van der Waals surface area contributed by atoms with E-state index in [1.807, 2.05) is 0 Å². The molecule has 1 saturated heterocycles. The Labute approximate surface area is 122 Å². The molecule has 0 unspecified atom stereocenters. The van der Waals surface area contributed by atoms with Crippen LogP contribution in [0.4, 0.5) is 10.5 Å². The zero-order valence-corrected chi connectivity index (χ0v) is 11.9. The molecule has 1 heterocycles. The number of hydrogen-bond acceptors (Lipinski definition) is 5. The van der Waals surface area contributed by atoms with E-state index in [1.54, 1.807) is 17.9 Å². The van der Waals surface area contributed by atoms with Crippen molar-refractivity contribution >= 4 is 17.7 Å². The number of amides is 1. The van der Waals surface area contributed by atoms with E-state index in [0.717, 1.165) is 6.42 Å². The zero-order chi connectivity index (χ0) is 15.4. The Hall–Kier alpha value is -2.68. The maximum Gasteiger partial charge on any atom is 0.423 e. The molecule has 6 nitrogen and oxygen atoms in total. The van der Waals surface area contributed by atoms with Crippen molar-refractivity contribution in [2.75, 3.05) is 25.9 Å². The molecule has 1 aromatic rings. The number of likely N-dealkylation sites (tertiary alicyclic amines) is 1. The van der Waals surface area contributed by atoms with Crippen LogP contribution >= 0.6 is 0 Å². The van der Waals surface area contributed by atoms with Gasteiger partial charge in [-0.05, 0) is 37.0 Å². The van der Waals surface area contributed by atoms with Crippen molar-refractivity contribution in [1.29, 1.82) is 0 Å². The molecule has 0 aromatic heterocycles. The highest BCUT2D eigenvalue weighted by atomic mass is 16.5. The minimum absolute atomic E-state index is 0.327. The van der Waals surface area contributed by atoms with Gasteiger partial charge in [-0.1, -0.05) is 0 Å². The summed E-state index contributed by atoms with van der Waals surface area (Å²) in [4.78, 5) is 24.5. The number of nitrogens with two attached hydrogens (primary N) is 1. The second kappa shape index (κ2) is 6.18. The fourth-order valence-corrected chi connectivity index (χ4v) is 1.85. The number of carbonyl (C=O) groups excluding carboxylic acids is 2. The van der Waals surface area contributed by atoms with Gasteiger partial charge in [-0.2, -0.15) is 0 Å². The first-order chi connectivity index (χ1) is 10.0. The van der Waals surface area contributed by atoms with E-state index in [-0.39, 0.29) is 0 Å². The van der Waals surface area contributed by atoms with Gasteiger partial charge in [0, 0.05) is 18.8 Å². The van der Waals surface area contributed by atoms with Crippen LogP contribution in [-0.4, -0.2) is 37.2 Å². The van der Waals surface area contributed by atoms with Crippen molar-refractivity contribution in [2.45, 2.75) is 13.3 Å². The average molecular weight is 288 g/mol. The standard InChI is InChI=1S/C15H16N2O4/c1-10-8-11(13(16)9-12(10)14(18)20-2)4-7-21-15(19)17-5-3-6-17/h8-9H,3,5-6,16H2,1-2H3. The molecule has 110 valence electrons. The highest BCUT2D eigenvalue weighted by Gasteiger charge is 2.21. The van der Waals surface area contributed by atoms with Gasteiger partial charge >= 0.3 is 12.1 Å². The van der Waals surface area contributed by atoms with Gasteiger partial charge < -0.3 is 20.1 Å². The first-order valence-electron chi connectivity index (χ1n) is 6.48. The number of carbonyl (C=O) groups is 2. The van der Waals surface area contributed by atoms with Crippen molar-refractivity contribution in [3.8, 4) is 12.0 Å². The van der Waals surface area contributed by atoms with Crippen LogP contribution in [0.5, 0.6) is 0 Å². The van der Waals surface area contributed by atoms with E-state index < -0.39 is 12.1 Å². The van der Waals surface area contributed by atoms with Crippen molar-refractivity contribution in [1.82, 2.24) is 4.90 Å². The number of anilines is 1. The number of methoxy groups -OCH3 is 1. The van der Waals surface area contributed by atoms with E-state index in [4.69, 9.17) is 10.5 Å². The Bertz CT molecular complexity index is 639. The lowest BCUT2D eigenvalue weighted by atomic mass is 10.0. The van der Waals surface area contributed by atoms with E-state index in [1.165, 1.54) is 13.2 Å². The summed E-state index contributed by atoms with van der Waals surface area (Å²) in [5.74, 6) is 2.22. The van der Waals surface area contributed by atoms with Crippen LogP contribution in [0.3, 0.4) is 0 Å². The van der Waals surface area contributed by atoms with Crippen LogP contribution in [0.25, 0.3) is 0 Å². The summed E-state index contributed by atoms with van der Waals surface area (Å²) in [5.41, 5.74) is 7.74. The number of rotatable bonds is 1. The van der Waals surface area contributed by atoms with E-state index in [0.29, 0.717) is 35.5 Å². The van der Waals surface area contributed by atoms with Crippen LogP contribution in [0.15, 0.2) is 12.1 Å². The van der Waals surface area contributed by atoms with E-state index in [2.05, 4.69) is 16.8 Å². The van der Waals surface area contributed by atoms with Crippen molar-refractivity contribution in [3.63, 3.8) is 0 Å². The molecule has 2 rings (SSSR count). The van der Waals surface area contributed by atoms with Gasteiger partial charge in [0.2, 0.25) is 0 Å². The molecule has 0 atom stereocenters. The summed E-state index contributed by atoms with van der Waals surface area (Å²) in [6.45, 7) is 3.16. The van der Waals surface area contributed by atoms with Crippen molar-refractivity contribution in [2.24, 2.45) is 0 Å². The summed E-state index contributed by atoms with van der Waals surface area (Å²) in [5, 5.41) is 0. The average Bonchev–Trinajstić information content (AvgIpc) is 2.39. The molecule has 0 radical (unpaired) electrons. The van der Waals surface area contributed by atoms with Gasteiger partial charge in [0.05, 0.1) is 18.2 Å². The zero-order valence-electron chi connectivity index (χ0n) is 11.9. The fourth-order valence-electron chi connectivity index (χ4n) is 1.85. The third-order valence-electron chi connectivity index (χ3n) is 3.24. The molecule has 0 spiro atoms. The van der Waals surface area contributed by atoms with Gasteiger partial charge in [0.1, 0.15) is 6.11 Å². The van der Waals surface area contributed by atoms with E-state index in [9.17, 15) is 9.59 Å². The largest absolute Gasteiger partial charge is 0.465 e. The predicted octanol–water partition coefficient (Wildman–Crippen LogP) is 1.52. The number of nitrogens with zero attached hydrogens (tertiary/aromatic N) is 1. The Morgan fingerprint density at radius 2 is 2.05 bits per heavy atom. The van der Waals surface area contributed by atoms with Gasteiger partial charge in [-0.25, -0.2) is 9.59 Å². The lowest BCUT2D eigenvalue weighted by Gasteiger charge is -2.28. The second-order valence-electron chi connectivity index (χ2n) is 4.68. The normalized spacial score (nSPS) is 12.8. The van der Waals surface area contributed by atoms with Gasteiger partial charge in [-0.15, -0.1) is 0 Å². The molecule has 21 heavy (non-hydrogen) atoms. The highest BCUT2D eigenvalue weighted by molar-refractivity contribution is 5.92.